The van der Waals surface area contributed by atoms with Gasteiger partial charge in [-0.2, -0.15) is 11.8 Å². The summed E-state index contributed by atoms with van der Waals surface area (Å²) in [5, 5.41) is 4.32. The third-order valence-electron chi connectivity index (χ3n) is 3.66. The van der Waals surface area contributed by atoms with E-state index in [1.54, 1.807) is 7.11 Å². The molecule has 1 heterocycles. The normalized spacial score (nSPS) is 22.1. The van der Waals surface area contributed by atoms with Crippen LogP contribution in [0.25, 0.3) is 0 Å². The van der Waals surface area contributed by atoms with E-state index < -0.39 is 0 Å². The molecule has 0 spiro atoms. The van der Waals surface area contributed by atoms with E-state index in [0.29, 0.717) is 11.1 Å². The lowest BCUT2D eigenvalue weighted by molar-refractivity contribution is 0.304. The zero-order chi connectivity index (χ0) is 14.0. The van der Waals surface area contributed by atoms with Crippen LogP contribution in [0.3, 0.4) is 0 Å². The van der Waals surface area contributed by atoms with Crippen LogP contribution in [0.15, 0.2) is 16.6 Å². The van der Waals surface area contributed by atoms with Crippen LogP contribution in [0.1, 0.15) is 20.3 Å². The van der Waals surface area contributed by atoms with Gasteiger partial charge in [-0.3, -0.25) is 0 Å². The van der Waals surface area contributed by atoms with Gasteiger partial charge in [-0.15, -0.1) is 0 Å². The Morgan fingerprint density at radius 3 is 2.84 bits per heavy atom. The molecule has 1 aliphatic rings. The zero-order valence-electron chi connectivity index (χ0n) is 11.4. The number of halogens is 2. The molecule has 1 fully saturated rings. The van der Waals surface area contributed by atoms with Gasteiger partial charge < -0.3 is 10.1 Å². The summed E-state index contributed by atoms with van der Waals surface area (Å²) in [6.45, 7) is 4.63. The number of methoxy groups -OCH3 is 1. The third-order valence-corrected chi connectivity index (χ3v) is 5.53. The van der Waals surface area contributed by atoms with Gasteiger partial charge in [0.25, 0.3) is 0 Å². The van der Waals surface area contributed by atoms with E-state index in [4.69, 9.17) is 16.3 Å². The van der Waals surface area contributed by atoms with Gasteiger partial charge in [-0.25, -0.2) is 0 Å². The molecule has 1 N–H and O–H groups in total. The number of hydrogen-bond donors (Lipinski definition) is 1. The van der Waals surface area contributed by atoms with Crippen molar-refractivity contribution in [2.24, 2.45) is 5.41 Å². The van der Waals surface area contributed by atoms with Crippen molar-refractivity contribution in [3.63, 3.8) is 0 Å². The van der Waals surface area contributed by atoms with Gasteiger partial charge in [-0.05, 0) is 45.7 Å². The molecule has 1 aliphatic heterocycles. The predicted octanol–water partition coefficient (Wildman–Crippen LogP) is 5.05. The number of benzene rings is 1. The zero-order valence-corrected chi connectivity index (χ0v) is 14.6. The Balaban J connectivity index is 2.27. The topological polar surface area (TPSA) is 21.3 Å². The van der Waals surface area contributed by atoms with Crippen LogP contribution in [-0.2, 0) is 0 Å². The van der Waals surface area contributed by atoms with E-state index in [1.165, 1.54) is 12.2 Å². The number of hydrogen-bond acceptors (Lipinski definition) is 3. The highest BCUT2D eigenvalue weighted by Crippen LogP contribution is 2.41. The molecule has 1 unspecified atom stereocenters. The number of nitrogens with one attached hydrogen (secondary N) is 1. The maximum atomic E-state index is 6.14. The van der Waals surface area contributed by atoms with Gasteiger partial charge in [0.15, 0.2) is 5.75 Å². The standard InChI is InChI=1S/C14H19BrClNOS/c1-14(2)4-5-19-8-12(14)17-11-7-9(16)6-10(15)13(11)18-3/h6-7,12,17H,4-5,8H2,1-3H3. The van der Waals surface area contributed by atoms with Crippen LogP contribution in [-0.4, -0.2) is 24.7 Å². The Morgan fingerprint density at radius 2 is 2.21 bits per heavy atom. The average molecular weight is 365 g/mol. The lowest BCUT2D eigenvalue weighted by Gasteiger charge is -2.39. The van der Waals surface area contributed by atoms with Gasteiger partial charge in [0.2, 0.25) is 0 Å². The molecule has 19 heavy (non-hydrogen) atoms. The Morgan fingerprint density at radius 1 is 1.47 bits per heavy atom. The molecular formula is C14H19BrClNOS. The predicted molar refractivity (Wildman–Crippen MR) is 88.8 cm³/mol. The van der Waals surface area contributed by atoms with Crippen LogP contribution in [0, 0.1) is 5.41 Å². The quantitative estimate of drug-likeness (QED) is 0.810. The highest BCUT2D eigenvalue weighted by Gasteiger charge is 2.33. The van der Waals surface area contributed by atoms with Crippen LogP contribution in [0.4, 0.5) is 5.69 Å². The second-order valence-electron chi connectivity index (χ2n) is 5.48. The molecule has 106 valence electrons. The van der Waals surface area contributed by atoms with Crippen molar-refractivity contribution in [2.45, 2.75) is 26.3 Å². The number of rotatable bonds is 3. The van der Waals surface area contributed by atoms with Crippen LogP contribution in [0.2, 0.25) is 5.02 Å². The highest BCUT2D eigenvalue weighted by molar-refractivity contribution is 9.10. The van der Waals surface area contributed by atoms with Gasteiger partial charge in [0.05, 0.1) is 17.3 Å². The van der Waals surface area contributed by atoms with Gasteiger partial charge in [0, 0.05) is 16.8 Å². The molecular weight excluding hydrogens is 346 g/mol. The summed E-state index contributed by atoms with van der Waals surface area (Å²) in [4.78, 5) is 0. The molecule has 0 aliphatic carbocycles. The Bertz CT molecular complexity index is 467. The fraction of sp³-hybridized carbons (Fsp3) is 0.571. The summed E-state index contributed by atoms with van der Waals surface area (Å²) in [5.41, 5.74) is 1.24. The lowest BCUT2D eigenvalue weighted by atomic mass is 9.82. The summed E-state index contributed by atoms with van der Waals surface area (Å²) < 4.78 is 6.35. The van der Waals surface area contributed by atoms with Crippen LogP contribution in [0.5, 0.6) is 5.75 Å². The Labute approximate surface area is 132 Å². The molecule has 1 atom stereocenters. The third kappa shape index (κ3) is 3.53. The average Bonchev–Trinajstić information content (AvgIpc) is 2.31. The smallest absolute Gasteiger partial charge is 0.156 e. The van der Waals surface area contributed by atoms with E-state index in [2.05, 4.69) is 35.1 Å². The fourth-order valence-corrected chi connectivity index (χ4v) is 4.82. The van der Waals surface area contributed by atoms with Crippen molar-refractivity contribution in [3.05, 3.63) is 21.6 Å². The van der Waals surface area contributed by atoms with Crippen molar-refractivity contribution < 1.29 is 4.74 Å². The van der Waals surface area contributed by atoms with Crippen molar-refractivity contribution in [2.75, 3.05) is 23.9 Å². The minimum atomic E-state index is 0.283. The largest absolute Gasteiger partial charge is 0.493 e. The molecule has 0 aromatic heterocycles. The van der Waals surface area contributed by atoms with E-state index in [9.17, 15) is 0 Å². The molecule has 5 heteroatoms. The molecule has 1 saturated heterocycles. The maximum Gasteiger partial charge on any atom is 0.156 e. The number of thioether (sulfide) groups is 1. The summed E-state index contributed by atoms with van der Waals surface area (Å²) in [7, 11) is 1.68. The van der Waals surface area contributed by atoms with Crippen molar-refractivity contribution in [1.82, 2.24) is 0 Å². The lowest BCUT2D eigenvalue weighted by Crippen LogP contribution is -2.41. The molecule has 0 radical (unpaired) electrons. The summed E-state index contributed by atoms with van der Waals surface area (Å²) in [6, 6.07) is 4.21. The van der Waals surface area contributed by atoms with Gasteiger partial charge in [-0.1, -0.05) is 25.4 Å². The van der Waals surface area contributed by atoms with Crippen molar-refractivity contribution >= 4 is 45.0 Å². The number of anilines is 1. The molecule has 2 nitrogen and oxygen atoms in total. The summed E-state index contributed by atoms with van der Waals surface area (Å²) >= 11 is 11.6. The summed E-state index contributed by atoms with van der Waals surface area (Å²) in [5.74, 6) is 3.16. The second kappa shape index (κ2) is 6.15. The van der Waals surface area contributed by atoms with Crippen LogP contribution >= 0.6 is 39.3 Å². The van der Waals surface area contributed by atoms with Crippen molar-refractivity contribution in [3.8, 4) is 5.75 Å². The molecule has 0 amide bonds. The first-order chi connectivity index (χ1) is 8.94. The Hall–Kier alpha value is -0.0600. The highest BCUT2D eigenvalue weighted by atomic mass is 79.9. The van der Waals surface area contributed by atoms with Crippen molar-refractivity contribution in [1.29, 1.82) is 0 Å². The van der Waals surface area contributed by atoms with E-state index in [1.807, 2.05) is 23.9 Å². The van der Waals surface area contributed by atoms with Crippen LogP contribution < -0.4 is 10.1 Å². The van der Waals surface area contributed by atoms with Gasteiger partial charge >= 0.3 is 0 Å². The molecule has 1 aromatic carbocycles. The molecule has 2 rings (SSSR count). The maximum absolute atomic E-state index is 6.14. The second-order valence-corrected chi connectivity index (χ2v) is 7.92. The monoisotopic (exact) mass is 363 g/mol. The van der Waals surface area contributed by atoms with Gasteiger partial charge in [0.1, 0.15) is 0 Å². The molecule has 0 bridgehead atoms. The minimum Gasteiger partial charge on any atom is -0.493 e. The SMILES string of the molecule is COc1c(Br)cc(Cl)cc1NC1CSCCC1(C)C. The first-order valence-electron chi connectivity index (χ1n) is 6.31. The minimum absolute atomic E-state index is 0.283. The van der Waals surface area contributed by atoms with E-state index in [0.717, 1.165) is 21.7 Å². The first kappa shape index (κ1) is 15.3. The van der Waals surface area contributed by atoms with E-state index >= 15 is 0 Å². The number of ether oxygens (including phenoxy) is 1. The fourth-order valence-electron chi connectivity index (χ4n) is 2.24. The molecule has 0 saturated carbocycles. The Kier molecular flexibility index (Phi) is 4.96. The first-order valence-corrected chi connectivity index (χ1v) is 8.64. The molecule has 1 aromatic rings. The van der Waals surface area contributed by atoms with E-state index in [-0.39, 0.29) is 5.41 Å². The summed E-state index contributed by atoms with van der Waals surface area (Å²) in [6.07, 6.45) is 1.22.